The van der Waals surface area contributed by atoms with Crippen molar-refractivity contribution in [3.63, 3.8) is 0 Å². The molecule has 0 aliphatic heterocycles. The first kappa shape index (κ1) is 26.1. The molecule has 0 aromatic heterocycles. The SMILES string of the molecule is CCCCOC(=O)c1cc(OC(=O)CCC)c(OC(=O)CCC)c(OC(=O)CCC)c1. The van der Waals surface area contributed by atoms with Gasteiger partial charge in [0.2, 0.25) is 5.75 Å². The van der Waals surface area contributed by atoms with Gasteiger partial charge in [-0.15, -0.1) is 0 Å². The summed E-state index contributed by atoms with van der Waals surface area (Å²) in [5.74, 6) is -2.95. The van der Waals surface area contributed by atoms with Gasteiger partial charge < -0.3 is 18.9 Å². The average Bonchev–Trinajstić information content (AvgIpc) is 2.70. The maximum atomic E-state index is 12.5. The van der Waals surface area contributed by atoms with Gasteiger partial charge in [0.1, 0.15) is 0 Å². The quantitative estimate of drug-likeness (QED) is 0.248. The van der Waals surface area contributed by atoms with Gasteiger partial charge in [0.25, 0.3) is 0 Å². The fraction of sp³-hybridized carbons (Fsp3) is 0.565. The summed E-state index contributed by atoms with van der Waals surface area (Å²) in [5.41, 5.74) is 0.0185. The van der Waals surface area contributed by atoms with Crippen molar-refractivity contribution in [1.82, 2.24) is 0 Å². The number of hydrogen-bond donors (Lipinski definition) is 0. The summed E-state index contributed by atoms with van der Waals surface area (Å²) in [7, 11) is 0. The molecule has 0 fully saturated rings. The second-order valence-electron chi connectivity index (χ2n) is 6.96. The molecule has 1 aromatic carbocycles. The molecule has 1 aromatic rings. The highest BCUT2D eigenvalue weighted by Gasteiger charge is 2.24. The van der Waals surface area contributed by atoms with Crippen LogP contribution in [0.5, 0.6) is 17.2 Å². The van der Waals surface area contributed by atoms with Crippen molar-refractivity contribution >= 4 is 23.9 Å². The van der Waals surface area contributed by atoms with Crippen molar-refractivity contribution < 1.29 is 38.1 Å². The number of hydrogen-bond acceptors (Lipinski definition) is 8. The summed E-state index contributed by atoms with van der Waals surface area (Å²) in [6.07, 6.45) is 3.52. The molecular formula is C23H32O8. The predicted molar refractivity (Wildman–Crippen MR) is 113 cm³/mol. The average molecular weight is 437 g/mol. The second-order valence-corrected chi connectivity index (χ2v) is 6.96. The van der Waals surface area contributed by atoms with Gasteiger partial charge in [-0.05, 0) is 37.8 Å². The minimum atomic E-state index is -0.666. The number of ether oxygens (including phenoxy) is 4. The van der Waals surface area contributed by atoms with Crippen LogP contribution in [0.2, 0.25) is 0 Å². The first-order valence-electron chi connectivity index (χ1n) is 10.8. The van der Waals surface area contributed by atoms with Crippen LogP contribution in [-0.4, -0.2) is 30.5 Å². The number of esters is 4. The zero-order chi connectivity index (χ0) is 23.2. The molecule has 0 saturated heterocycles. The van der Waals surface area contributed by atoms with Crippen LogP contribution < -0.4 is 14.2 Å². The number of carbonyl (C=O) groups excluding carboxylic acids is 4. The van der Waals surface area contributed by atoms with Crippen molar-refractivity contribution in [2.24, 2.45) is 0 Å². The van der Waals surface area contributed by atoms with Crippen LogP contribution in [-0.2, 0) is 19.1 Å². The van der Waals surface area contributed by atoms with E-state index < -0.39 is 23.9 Å². The monoisotopic (exact) mass is 436 g/mol. The van der Waals surface area contributed by atoms with Crippen LogP contribution in [0, 0.1) is 0 Å². The van der Waals surface area contributed by atoms with E-state index in [0.29, 0.717) is 25.7 Å². The van der Waals surface area contributed by atoms with Crippen LogP contribution in [0.1, 0.15) is 89.4 Å². The van der Waals surface area contributed by atoms with Crippen molar-refractivity contribution in [3.05, 3.63) is 17.7 Å². The lowest BCUT2D eigenvalue weighted by Gasteiger charge is -2.16. The molecule has 0 radical (unpaired) electrons. The highest BCUT2D eigenvalue weighted by atomic mass is 16.6. The summed E-state index contributed by atoms with van der Waals surface area (Å²) < 4.78 is 21.3. The smallest absolute Gasteiger partial charge is 0.338 e. The third-order valence-corrected chi connectivity index (χ3v) is 4.01. The lowest BCUT2D eigenvalue weighted by atomic mass is 10.1. The first-order valence-corrected chi connectivity index (χ1v) is 10.8. The largest absolute Gasteiger partial charge is 0.462 e. The lowest BCUT2D eigenvalue weighted by molar-refractivity contribution is -0.138. The molecule has 0 bridgehead atoms. The van der Waals surface area contributed by atoms with Gasteiger partial charge in [-0.2, -0.15) is 0 Å². The maximum absolute atomic E-state index is 12.5. The third-order valence-electron chi connectivity index (χ3n) is 4.01. The normalized spacial score (nSPS) is 10.3. The minimum Gasteiger partial charge on any atom is -0.462 e. The van der Waals surface area contributed by atoms with E-state index in [1.165, 1.54) is 12.1 Å². The Morgan fingerprint density at radius 3 is 1.55 bits per heavy atom. The predicted octanol–water partition coefficient (Wildman–Crippen LogP) is 4.76. The molecule has 0 unspecified atom stereocenters. The third kappa shape index (κ3) is 9.19. The van der Waals surface area contributed by atoms with E-state index in [1.807, 2.05) is 20.8 Å². The number of unbranched alkanes of at least 4 members (excludes halogenated alkanes) is 1. The minimum absolute atomic E-state index is 0.0185. The van der Waals surface area contributed by atoms with Gasteiger partial charge in [0.15, 0.2) is 11.5 Å². The molecule has 0 N–H and O–H groups in total. The molecule has 0 amide bonds. The molecule has 8 heteroatoms. The fourth-order valence-electron chi connectivity index (χ4n) is 2.46. The fourth-order valence-corrected chi connectivity index (χ4v) is 2.46. The molecule has 1 rings (SSSR count). The summed E-state index contributed by atoms with van der Waals surface area (Å²) >= 11 is 0. The van der Waals surface area contributed by atoms with E-state index in [1.54, 1.807) is 6.92 Å². The van der Waals surface area contributed by atoms with Crippen molar-refractivity contribution in [1.29, 1.82) is 0 Å². The molecule has 0 aliphatic rings. The highest BCUT2D eigenvalue weighted by molar-refractivity contribution is 5.92. The Kier molecular flexibility index (Phi) is 11.9. The van der Waals surface area contributed by atoms with Gasteiger partial charge in [-0.3, -0.25) is 14.4 Å². The van der Waals surface area contributed by atoms with E-state index in [2.05, 4.69) is 0 Å². The summed E-state index contributed by atoms with van der Waals surface area (Å²) in [4.78, 5) is 48.8. The van der Waals surface area contributed by atoms with E-state index in [-0.39, 0.29) is 48.7 Å². The lowest BCUT2D eigenvalue weighted by Crippen LogP contribution is -2.16. The van der Waals surface area contributed by atoms with Gasteiger partial charge >= 0.3 is 23.9 Å². The topological polar surface area (TPSA) is 105 Å². The molecule has 0 saturated carbocycles. The Labute approximate surface area is 183 Å². The zero-order valence-electron chi connectivity index (χ0n) is 18.8. The molecular weight excluding hydrogens is 404 g/mol. The van der Waals surface area contributed by atoms with E-state index in [0.717, 1.165) is 6.42 Å². The van der Waals surface area contributed by atoms with Crippen LogP contribution in [0.25, 0.3) is 0 Å². The summed E-state index contributed by atoms with van der Waals surface area (Å²) in [5, 5.41) is 0. The Morgan fingerprint density at radius 1 is 0.677 bits per heavy atom. The number of benzene rings is 1. The van der Waals surface area contributed by atoms with Gasteiger partial charge in [-0.1, -0.05) is 34.1 Å². The van der Waals surface area contributed by atoms with Crippen molar-refractivity contribution in [2.75, 3.05) is 6.61 Å². The molecule has 31 heavy (non-hydrogen) atoms. The van der Waals surface area contributed by atoms with Crippen LogP contribution in [0.4, 0.5) is 0 Å². The molecule has 0 atom stereocenters. The van der Waals surface area contributed by atoms with Crippen LogP contribution in [0.15, 0.2) is 12.1 Å². The highest BCUT2D eigenvalue weighted by Crippen LogP contribution is 2.40. The molecule has 0 aliphatic carbocycles. The Balaban J connectivity index is 3.43. The summed E-state index contributed by atoms with van der Waals surface area (Å²) in [6, 6.07) is 2.51. The van der Waals surface area contributed by atoms with E-state index >= 15 is 0 Å². The molecule has 0 spiro atoms. The standard InChI is InChI=1S/C23H32O8/c1-5-9-13-28-23(27)16-14-17(29-19(24)10-6-2)22(31-21(26)12-8-4)18(15-16)30-20(25)11-7-3/h14-15H,5-13H2,1-4H3. The first-order chi connectivity index (χ1) is 14.9. The molecule has 8 nitrogen and oxygen atoms in total. The van der Waals surface area contributed by atoms with Gasteiger partial charge in [0, 0.05) is 19.3 Å². The molecule has 172 valence electrons. The zero-order valence-corrected chi connectivity index (χ0v) is 18.8. The van der Waals surface area contributed by atoms with E-state index in [9.17, 15) is 19.2 Å². The van der Waals surface area contributed by atoms with Crippen molar-refractivity contribution in [2.45, 2.75) is 79.1 Å². The second kappa shape index (κ2) is 14.2. The Bertz CT molecular complexity index is 728. The Hall–Kier alpha value is -2.90. The van der Waals surface area contributed by atoms with E-state index in [4.69, 9.17) is 18.9 Å². The van der Waals surface area contributed by atoms with Crippen molar-refractivity contribution in [3.8, 4) is 17.2 Å². The van der Waals surface area contributed by atoms with Crippen LogP contribution in [0.3, 0.4) is 0 Å². The Morgan fingerprint density at radius 2 is 1.13 bits per heavy atom. The van der Waals surface area contributed by atoms with Gasteiger partial charge in [-0.25, -0.2) is 4.79 Å². The van der Waals surface area contributed by atoms with Gasteiger partial charge in [0.05, 0.1) is 12.2 Å². The molecule has 0 heterocycles. The number of carbonyl (C=O) groups is 4. The summed E-state index contributed by atoms with van der Waals surface area (Å²) in [6.45, 7) is 7.61. The number of rotatable bonds is 13. The van der Waals surface area contributed by atoms with Crippen LogP contribution >= 0.6 is 0 Å². The maximum Gasteiger partial charge on any atom is 0.338 e.